The molecule has 0 bridgehead atoms. The van der Waals surface area contributed by atoms with Gasteiger partial charge in [-0.25, -0.2) is 8.42 Å². The molecule has 1 aliphatic rings. The molecule has 0 spiro atoms. The molecular formula is C14H21N3O3S. The third-order valence-electron chi connectivity index (χ3n) is 3.93. The smallest absolute Gasteiger partial charge is 0.179 e. The number of benzene rings is 1. The number of hydrogen-bond donors (Lipinski definition) is 2. The lowest BCUT2D eigenvalue weighted by molar-refractivity contribution is 0.284. The summed E-state index contributed by atoms with van der Waals surface area (Å²) in [7, 11) is -3.37. The fraction of sp³-hybridized carbons (Fsp3) is 0.500. The highest BCUT2D eigenvalue weighted by molar-refractivity contribution is 7.91. The van der Waals surface area contributed by atoms with Crippen molar-refractivity contribution in [3.63, 3.8) is 0 Å². The Morgan fingerprint density at radius 2 is 2.29 bits per heavy atom. The van der Waals surface area contributed by atoms with E-state index in [9.17, 15) is 8.42 Å². The van der Waals surface area contributed by atoms with Crippen LogP contribution in [0.1, 0.15) is 25.3 Å². The van der Waals surface area contributed by atoms with Gasteiger partial charge in [-0.05, 0) is 38.4 Å². The zero-order valence-electron chi connectivity index (χ0n) is 12.1. The van der Waals surface area contributed by atoms with Crippen LogP contribution in [0.3, 0.4) is 0 Å². The van der Waals surface area contributed by atoms with Crippen LogP contribution in [0.4, 0.5) is 0 Å². The average Bonchev–Trinajstić information content (AvgIpc) is 2.90. The van der Waals surface area contributed by atoms with Crippen molar-refractivity contribution in [2.45, 2.75) is 30.7 Å². The molecule has 0 amide bonds. The van der Waals surface area contributed by atoms with Crippen LogP contribution < -0.4 is 5.73 Å². The van der Waals surface area contributed by atoms with E-state index in [0.717, 1.165) is 19.4 Å². The molecule has 2 rings (SSSR count). The number of amidine groups is 1. The number of likely N-dealkylation sites (tertiary alicyclic amines) is 1. The summed E-state index contributed by atoms with van der Waals surface area (Å²) in [5.74, 6) is -0.0167. The minimum absolute atomic E-state index is 0.0803. The van der Waals surface area contributed by atoms with Gasteiger partial charge in [0, 0.05) is 18.2 Å². The van der Waals surface area contributed by atoms with E-state index in [0.29, 0.717) is 18.2 Å². The molecule has 1 unspecified atom stereocenters. The summed E-state index contributed by atoms with van der Waals surface area (Å²) in [6, 6.07) is 6.63. The summed E-state index contributed by atoms with van der Waals surface area (Å²) >= 11 is 0. The Hall–Kier alpha value is -1.60. The lowest BCUT2D eigenvalue weighted by Gasteiger charge is -2.20. The first-order valence-corrected chi connectivity index (χ1v) is 8.64. The second kappa shape index (κ2) is 6.44. The predicted octanol–water partition coefficient (Wildman–Crippen LogP) is 1.04. The number of nitrogens with two attached hydrogens (primary N) is 1. The van der Waals surface area contributed by atoms with Gasteiger partial charge in [0.25, 0.3) is 0 Å². The minimum atomic E-state index is -3.37. The zero-order chi connectivity index (χ0) is 15.5. The van der Waals surface area contributed by atoms with Crippen molar-refractivity contribution >= 4 is 15.7 Å². The summed E-state index contributed by atoms with van der Waals surface area (Å²) in [6.45, 7) is 3.62. The molecule has 1 atom stereocenters. The van der Waals surface area contributed by atoms with Gasteiger partial charge in [-0.1, -0.05) is 17.3 Å². The second-order valence-corrected chi connectivity index (χ2v) is 7.47. The molecule has 6 nitrogen and oxygen atoms in total. The van der Waals surface area contributed by atoms with E-state index < -0.39 is 9.84 Å². The van der Waals surface area contributed by atoms with Crippen LogP contribution in [-0.4, -0.2) is 49.2 Å². The van der Waals surface area contributed by atoms with E-state index in [-0.39, 0.29) is 16.5 Å². The minimum Gasteiger partial charge on any atom is -0.409 e. The van der Waals surface area contributed by atoms with Crippen molar-refractivity contribution < 1.29 is 13.6 Å². The summed E-state index contributed by atoms with van der Waals surface area (Å²) in [5.41, 5.74) is 5.89. The Balaban J connectivity index is 2.12. The van der Waals surface area contributed by atoms with Crippen LogP contribution in [0.2, 0.25) is 0 Å². The average molecular weight is 311 g/mol. The van der Waals surface area contributed by atoms with Crippen LogP contribution >= 0.6 is 0 Å². The van der Waals surface area contributed by atoms with Crippen molar-refractivity contribution in [2.75, 3.05) is 18.8 Å². The van der Waals surface area contributed by atoms with Crippen LogP contribution in [-0.2, 0) is 9.84 Å². The number of nitrogens with zero attached hydrogens (tertiary/aromatic N) is 2. The standard InChI is InChI=1S/C14H21N3O3S/c1-11-4-3-7-17(11)8-9-21(19,20)13-6-2-5-12(10-13)14(15)16-18/h2,5-6,10-11,18H,3-4,7-9H2,1H3,(H2,15,16). The van der Waals surface area contributed by atoms with Gasteiger partial charge in [0.1, 0.15) is 0 Å². The first-order valence-electron chi connectivity index (χ1n) is 6.99. The van der Waals surface area contributed by atoms with Gasteiger partial charge in [0.2, 0.25) is 0 Å². The fourth-order valence-electron chi connectivity index (χ4n) is 2.59. The van der Waals surface area contributed by atoms with E-state index in [4.69, 9.17) is 10.9 Å². The molecule has 0 aliphatic carbocycles. The Bertz CT molecular complexity index is 628. The molecule has 1 aliphatic heterocycles. The lowest BCUT2D eigenvalue weighted by Crippen LogP contribution is -2.32. The van der Waals surface area contributed by atoms with Gasteiger partial charge in [0.05, 0.1) is 10.6 Å². The zero-order valence-corrected chi connectivity index (χ0v) is 12.9. The van der Waals surface area contributed by atoms with Gasteiger partial charge in [-0.15, -0.1) is 0 Å². The van der Waals surface area contributed by atoms with Crippen molar-refractivity contribution in [2.24, 2.45) is 10.9 Å². The summed E-state index contributed by atoms with van der Waals surface area (Å²) in [5, 5.41) is 11.6. The van der Waals surface area contributed by atoms with Crippen molar-refractivity contribution in [3.8, 4) is 0 Å². The Kier molecular flexibility index (Phi) is 4.84. The summed E-state index contributed by atoms with van der Waals surface area (Å²) in [4.78, 5) is 2.41. The maximum absolute atomic E-state index is 12.4. The first kappa shape index (κ1) is 15.8. The Morgan fingerprint density at radius 1 is 1.52 bits per heavy atom. The highest BCUT2D eigenvalue weighted by Crippen LogP contribution is 2.18. The van der Waals surface area contributed by atoms with Gasteiger partial charge in [-0.3, -0.25) is 4.90 Å². The van der Waals surface area contributed by atoms with Crippen LogP contribution in [0.5, 0.6) is 0 Å². The van der Waals surface area contributed by atoms with Gasteiger partial charge in [0.15, 0.2) is 15.7 Å². The molecule has 1 aromatic rings. The highest BCUT2D eigenvalue weighted by atomic mass is 32.2. The van der Waals surface area contributed by atoms with Crippen molar-refractivity contribution in [1.29, 1.82) is 0 Å². The molecule has 3 N–H and O–H groups in total. The molecule has 21 heavy (non-hydrogen) atoms. The van der Waals surface area contributed by atoms with E-state index in [1.54, 1.807) is 12.1 Å². The largest absolute Gasteiger partial charge is 0.409 e. The summed E-state index contributed by atoms with van der Waals surface area (Å²) < 4.78 is 24.8. The predicted molar refractivity (Wildman–Crippen MR) is 81.3 cm³/mol. The third-order valence-corrected chi connectivity index (χ3v) is 5.63. The van der Waals surface area contributed by atoms with Crippen LogP contribution in [0, 0.1) is 0 Å². The molecule has 7 heteroatoms. The molecule has 116 valence electrons. The SMILES string of the molecule is CC1CCCN1CCS(=O)(=O)c1cccc(/C(N)=N/O)c1. The van der Waals surface area contributed by atoms with Crippen LogP contribution in [0.15, 0.2) is 34.3 Å². The first-order chi connectivity index (χ1) is 9.94. The van der Waals surface area contributed by atoms with E-state index in [1.165, 1.54) is 12.1 Å². The Morgan fingerprint density at radius 3 is 2.90 bits per heavy atom. The second-order valence-electron chi connectivity index (χ2n) is 5.36. The lowest BCUT2D eigenvalue weighted by atomic mass is 10.2. The molecular weight excluding hydrogens is 290 g/mol. The number of oxime groups is 1. The third kappa shape index (κ3) is 3.74. The topological polar surface area (TPSA) is 96.0 Å². The molecule has 0 saturated carbocycles. The van der Waals surface area contributed by atoms with Crippen LogP contribution in [0.25, 0.3) is 0 Å². The molecule has 0 aromatic heterocycles. The number of sulfone groups is 1. The van der Waals surface area contributed by atoms with Crippen molar-refractivity contribution in [3.05, 3.63) is 29.8 Å². The van der Waals surface area contributed by atoms with E-state index >= 15 is 0 Å². The van der Waals surface area contributed by atoms with Crippen molar-refractivity contribution in [1.82, 2.24) is 4.90 Å². The quantitative estimate of drug-likeness (QED) is 0.366. The highest BCUT2D eigenvalue weighted by Gasteiger charge is 2.23. The molecule has 1 aromatic carbocycles. The van der Waals surface area contributed by atoms with E-state index in [1.807, 2.05) is 0 Å². The molecule has 0 radical (unpaired) electrons. The number of rotatable bonds is 5. The molecule has 1 fully saturated rings. The maximum Gasteiger partial charge on any atom is 0.179 e. The number of hydrogen-bond acceptors (Lipinski definition) is 5. The monoisotopic (exact) mass is 311 g/mol. The molecule has 1 heterocycles. The maximum atomic E-state index is 12.4. The Labute approximate surface area is 125 Å². The molecule has 1 saturated heterocycles. The van der Waals surface area contributed by atoms with E-state index in [2.05, 4.69) is 17.0 Å². The summed E-state index contributed by atoms with van der Waals surface area (Å²) in [6.07, 6.45) is 2.25. The normalized spacial score (nSPS) is 20.8. The van der Waals surface area contributed by atoms with Gasteiger partial charge < -0.3 is 10.9 Å². The fourth-order valence-corrected chi connectivity index (χ4v) is 3.89. The van der Waals surface area contributed by atoms with Gasteiger partial charge >= 0.3 is 0 Å². The van der Waals surface area contributed by atoms with Gasteiger partial charge in [-0.2, -0.15) is 0 Å².